The number of carbonyl (C=O) groups is 1. The van der Waals surface area contributed by atoms with E-state index in [0.29, 0.717) is 12.2 Å². The number of para-hydroxylation sites is 1. The minimum atomic E-state index is -0.119. The average Bonchev–Trinajstić information content (AvgIpc) is 3.56. The first-order valence-electron chi connectivity index (χ1n) is 9.77. The number of ether oxygens (including phenoxy) is 1. The average molecular weight is 466 g/mol. The van der Waals surface area contributed by atoms with Gasteiger partial charge in [0.25, 0.3) is 5.91 Å². The van der Waals surface area contributed by atoms with Crippen LogP contribution in [0, 0.1) is 0 Å². The SMILES string of the molecule is COc1ccc([C@H]2CC(c3cccs3)=NN2C(=O)CSc2nc3ccccc3s2)cc1. The van der Waals surface area contributed by atoms with Gasteiger partial charge in [-0.15, -0.1) is 22.7 Å². The molecule has 0 spiro atoms. The van der Waals surface area contributed by atoms with E-state index in [9.17, 15) is 4.79 Å². The summed E-state index contributed by atoms with van der Waals surface area (Å²) in [5, 5.41) is 8.42. The Labute approximate surface area is 192 Å². The van der Waals surface area contributed by atoms with Gasteiger partial charge >= 0.3 is 0 Å². The largest absolute Gasteiger partial charge is 0.497 e. The summed E-state index contributed by atoms with van der Waals surface area (Å²) in [6.07, 6.45) is 0.699. The Morgan fingerprint density at radius 2 is 2.00 bits per heavy atom. The van der Waals surface area contributed by atoms with Crippen molar-refractivity contribution < 1.29 is 9.53 Å². The Balaban J connectivity index is 1.37. The number of rotatable bonds is 6. The number of hydrogen-bond donors (Lipinski definition) is 0. The molecule has 5 nitrogen and oxygen atoms in total. The second-order valence-corrected chi connectivity index (χ2v) is 10.2. The van der Waals surface area contributed by atoms with E-state index in [4.69, 9.17) is 9.84 Å². The lowest BCUT2D eigenvalue weighted by molar-refractivity contribution is -0.130. The number of thiazole rings is 1. The number of hydrazone groups is 1. The van der Waals surface area contributed by atoms with Crippen LogP contribution in [0.15, 0.2) is 75.5 Å². The monoisotopic (exact) mass is 465 g/mol. The molecular weight excluding hydrogens is 446 g/mol. The Morgan fingerprint density at radius 1 is 1.16 bits per heavy atom. The minimum Gasteiger partial charge on any atom is -0.497 e. The van der Waals surface area contributed by atoms with Gasteiger partial charge in [0.1, 0.15) is 5.75 Å². The first kappa shape index (κ1) is 20.2. The van der Waals surface area contributed by atoms with E-state index < -0.39 is 0 Å². The zero-order valence-electron chi connectivity index (χ0n) is 16.7. The van der Waals surface area contributed by atoms with Crippen LogP contribution >= 0.6 is 34.4 Å². The summed E-state index contributed by atoms with van der Waals surface area (Å²) in [6.45, 7) is 0. The smallest absolute Gasteiger partial charge is 0.253 e. The maximum Gasteiger partial charge on any atom is 0.253 e. The van der Waals surface area contributed by atoms with Crippen molar-refractivity contribution >= 4 is 56.3 Å². The minimum absolute atomic E-state index is 0.0170. The van der Waals surface area contributed by atoms with Gasteiger partial charge in [-0.05, 0) is 41.3 Å². The second kappa shape index (κ2) is 8.82. The molecule has 31 heavy (non-hydrogen) atoms. The van der Waals surface area contributed by atoms with Gasteiger partial charge in [0.2, 0.25) is 0 Å². The molecule has 0 aliphatic carbocycles. The van der Waals surface area contributed by atoms with Crippen LogP contribution in [0.25, 0.3) is 10.2 Å². The number of thiophene rings is 1. The normalized spacial score (nSPS) is 16.0. The maximum absolute atomic E-state index is 13.2. The number of hydrogen-bond acceptors (Lipinski definition) is 7. The van der Waals surface area contributed by atoms with E-state index in [1.54, 1.807) is 34.8 Å². The van der Waals surface area contributed by atoms with Crippen LogP contribution in [0.2, 0.25) is 0 Å². The molecule has 0 saturated carbocycles. The van der Waals surface area contributed by atoms with Gasteiger partial charge in [-0.3, -0.25) is 4.79 Å². The zero-order valence-corrected chi connectivity index (χ0v) is 19.2. The fourth-order valence-electron chi connectivity index (χ4n) is 3.52. The number of aromatic nitrogens is 1. The molecule has 0 radical (unpaired) electrons. The van der Waals surface area contributed by atoms with Crippen LogP contribution in [0.5, 0.6) is 5.75 Å². The number of carbonyl (C=O) groups excluding carboxylic acids is 1. The summed E-state index contributed by atoms with van der Waals surface area (Å²) in [5.74, 6) is 1.08. The molecule has 1 aliphatic heterocycles. The summed E-state index contributed by atoms with van der Waals surface area (Å²) >= 11 is 4.73. The van der Waals surface area contributed by atoms with Crippen molar-refractivity contribution in [2.45, 2.75) is 16.8 Å². The Hall–Kier alpha value is -2.68. The molecule has 0 N–H and O–H groups in total. The molecule has 3 heterocycles. The van der Waals surface area contributed by atoms with Crippen molar-refractivity contribution in [3.05, 3.63) is 76.5 Å². The fourth-order valence-corrected chi connectivity index (χ4v) is 6.16. The van der Waals surface area contributed by atoms with E-state index in [1.165, 1.54) is 11.8 Å². The summed E-state index contributed by atoms with van der Waals surface area (Å²) in [4.78, 5) is 18.9. The first-order valence-corrected chi connectivity index (χ1v) is 12.4. The van der Waals surface area contributed by atoms with Crippen LogP contribution in [0.3, 0.4) is 0 Å². The van der Waals surface area contributed by atoms with Gasteiger partial charge in [0, 0.05) is 6.42 Å². The molecule has 5 rings (SSSR count). The van der Waals surface area contributed by atoms with Crippen molar-refractivity contribution in [2.24, 2.45) is 5.10 Å². The molecule has 2 aromatic heterocycles. The van der Waals surface area contributed by atoms with E-state index in [-0.39, 0.29) is 11.9 Å². The van der Waals surface area contributed by atoms with E-state index in [2.05, 4.69) is 17.1 Å². The predicted molar refractivity (Wildman–Crippen MR) is 128 cm³/mol. The topological polar surface area (TPSA) is 54.8 Å². The zero-order chi connectivity index (χ0) is 21.2. The molecule has 156 valence electrons. The molecule has 1 amide bonds. The van der Waals surface area contributed by atoms with Gasteiger partial charge in [-0.2, -0.15) is 5.10 Å². The Bertz CT molecular complexity index is 1200. The molecule has 0 fully saturated rings. The number of thioether (sulfide) groups is 1. The van der Waals surface area contributed by atoms with Gasteiger partial charge < -0.3 is 4.74 Å². The van der Waals surface area contributed by atoms with Crippen LogP contribution in [0.1, 0.15) is 22.9 Å². The fraction of sp³-hybridized carbons (Fsp3) is 0.174. The molecular formula is C23H19N3O2S3. The van der Waals surface area contributed by atoms with E-state index in [0.717, 1.165) is 36.5 Å². The summed E-state index contributed by atoms with van der Waals surface area (Å²) in [6, 6.07) is 19.9. The van der Waals surface area contributed by atoms with E-state index in [1.807, 2.05) is 53.9 Å². The molecule has 8 heteroatoms. The second-order valence-electron chi connectivity index (χ2n) is 6.99. The highest BCUT2D eigenvalue weighted by Crippen LogP contribution is 2.36. The van der Waals surface area contributed by atoms with Crippen LogP contribution < -0.4 is 4.74 Å². The van der Waals surface area contributed by atoms with Crippen molar-refractivity contribution in [1.82, 2.24) is 9.99 Å². The standard InChI is InChI=1S/C23H19N3O2S3/c1-28-16-10-8-15(9-11-16)19-13-18(20-7-4-12-29-20)25-26(19)22(27)14-30-23-24-17-5-2-3-6-21(17)31-23/h2-12,19H,13-14H2,1H3/t19-/m1/s1. The van der Waals surface area contributed by atoms with Crippen LogP contribution in [-0.4, -0.2) is 34.5 Å². The van der Waals surface area contributed by atoms with Crippen molar-refractivity contribution in [3.63, 3.8) is 0 Å². The van der Waals surface area contributed by atoms with Gasteiger partial charge in [0.05, 0.1) is 39.7 Å². The van der Waals surface area contributed by atoms with Crippen molar-refractivity contribution in [3.8, 4) is 5.75 Å². The van der Waals surface area contributed by atoms with Crippen LogP contribution in [0.4, 0.5) is 0 Å². The lowest BCUT2D eigenvalue weighted by Crippen LogP contribution is -2.28. The summed E-state index contributed by atoms with van der Waals surface area (Å²) in [5.41, 5.74) is 2.97. The highest BCUT2D eigenvalue weighted by atomic mass is 32.2. The molecule has 0 bridgehead atoms. The molecule has 1 atom stereocenters. The van der Waals surface area contributed by atoms with Crippen molar-refractivity contribution in [1.29, 1.82) is 0 Å². The Morgan fingerprint density at radius 3 is 2.74 bits per heavy atom. The van der Waals surface area contributed by atoms with Gasteiger partial charge in [-0.1, -0.05) is 42.1 Å². The maximum atomic E-state index is 13.2. The number of amides is 1. The lowest BCUT2D eigenvalue weighted by Gasteiger charge is -2.22. The highest BCUT2D eigenvalue weighted by molar-refractivity contribution is 8.01. The Kier molecular flexibility index (Phi) is 5.76. The summed E-state index contributed by atoms with van der Waals surface area (Å²) < 4.78 is 7.31. The van der Waals surface area contributed by atoms with Crippen LogP contribution in [-0.2, 0) is 4.79 Å². The third-order valence-electron chi connectivity index (χ3n) is 5.07. The molecule has 0 saturated heterocycles. The molecule has 4 aromatic rings. The molecule has 1 aliphatic rings. The number of fused-ring (bicyclic) bond motifs is 1. The number of methoxy groups -OCH3 is 1. The lowest BCUT2D eigenvalue weighted by atomic mass is 10.0. The highest BCUT2D eigenvalue weighted by Gasteiger charge is 2.33. The first-order chi connectivity index (χ1) is 15.2. The third-order valence-corrected chi connectivity index (χ3v) is 8.15. The summed E-state index contributed by atoms with van der Waals surface area (Å²) in [7, 11) is 1.65. The van der Waals surface area contributed by atoms with E-state index >= 15 is 0 Å². The number of nitrogens with zero attached hydrogens (tertiary/aromatic N) is 3. The van der Waals surface area contributed by atoms with Gasteiger partial charge in [-0.25, -0.2) is 9.99 Å². The van der Waals surface area contributed by atoms with Gasteiger partial charge in [0.15, 0.2) is 4.34 Å². The predicted octanol–water partition coefficient (Wildman–Crippen LogP) is 5.84. The quantitative estimate of drug-likeness (QED) is 0.336. The molecule has 0 unspecified atom stereocenters. The number of benzene rings is 2. The third kappa shape index (κ3) is 4.23. The van der Waals surface area contributed by atoms with Crippen molar-refractivity contribution in [2.75, 3.05) is 12.9 Å². The molecule has 2 aromatic carbocycles.